The Labute approximate surface area is 110 Å². The summed E-state index contributed by atoms with van der Waals surface area (Å²) < 4.78 is 40.4. The highest BCUT2D eigenvalue weighted by Crippen LogP contribution is 2.28. The molecule has 0 amide bonds. The molecule has 0 aliphatic carbocycles. The van der Waals surface area contributed by atoms with Crippen LogP contribution in [0, 0.1) is 24.4 Å². The van der Waals surface area contributed by atoms with Crippen molar-refractivity contribution in [2.45, 2.75) is 39.8 Å². The third-order valence-electron chi connectivity index (χ3n) is 3.03. The van der Waals surface area contributed by atoms with Crippen molar-refractivity contribution in [3.05, 3.63) is 34.8 Å². The van der Waals surface area contributed by atoms with Crippen LogP contribution in [0.4, 0.5) is 13.2 Å². The van der Waals surface area contributed by atoms with Gasteiger partial charge in [0, 0.05) is 29.2 Å². The van der Waals surface area contributed by atoms with E-state index in [4.69, 9.17) is 0 Å². The van der Waals surface area contributed by atoms with Gasteiger partial charge in [0.15, 0.2) is 17.5 Å². The number of H-pyrrole nitrogens is 1. The monoisotopic (exact) mass is 270 g/mol. The van der Waals surface area contributed by atoms with Gasteiger partial charge in [-0.15, -0.1) is 0 Å². The minimum atomic E-state index is -1.43. The van der Waals surface area contributed by atoms with Gasteiger partial charge in [-0.2, -0.15) is 0 Å². The Morgan fingerprint density at radius 3 is 2.37 bits per heavy atom. The summed E-state index contributed by atoms with van der Waals surface area (Å²) in [5, 5.41) is 3.33. The largest absolute Gasteiger partial charge is 0.358 e. The Morgan fingerprint density at radius 1 is 1.16 bits per heavy atom. The number of halogens is 3. The van der Waals surface area contributed by atoms with Crippen molar-refractivity contribution < 1.29 is 13.2 Å². The van der Waals surface area contributed by atoms with Crippen molar-refractivity contribution in [2.75, 3.05) is 0 Å². The smallest absolute Gasteiger partial charge is 0.195 e. The van der Waals surface area contributed by atoms with Gasteiger partial charge in [-0.3, -0.25) is 0 Å². The van der Waals surface area contributed by atoms with Crippen LogP contribution in [-0.2, 0) is 6.54 Å². The van der Waals surface area contributed by atoms with Crippen molar-refractivity contribution in [3.63, 3.8) is 0 Å². The Hall–Kier alpha value is -1.49. The van der Waals surface area contributed by atoms with Crippen LogP contribution >= 0.6 is 0 Å². The van der Waals surface area contributed by atoms with Gasteiger partial charge in [-0.1, -0.05) is 0 Å². The quantitative estimate of drug-likeness (QED) is 0.798. The topological polar surface area (TPSA) is 27.8 Å². The van der Waals surface area contributed by atoms with Crippen molar-refractivity contribution in [3.8, 4) is 0 Å². The van der Waals surface area contributed by atoms with Crippen molar-refractivity contribution in [2.24, 2.45) is 0 Å². The van der Waals surface area contributed by atoms with Crippen molar-refractivity contribution in [1.82, 2.24) is 10.3 Å². The van der Waals surface area contributed by atoms with E-state index in [1.54, 1.807) is 6.92 Å². The fourth-order valence-corrected chi connectivity index (χ4v) is 2.03. The van der Waals surface area contributed by atoms with Crippen LogP contribution in [0.25, 0.3) is 10.9 Å². The molecular formula is C14H17F3N2. The number of hydrogen-bond donors (Lipinski definition) is 2. The summed E-state index contributed by atoms with van der Waals surface area (Å²) in [5.41, 5.74) is 1.46. The molecule has 0 fully saturated rings. The van der Waals surface area contributed by atoms with Crippen LogP contribution in [0.1, 0.15) is 32.0 Å². The molecule has 1 aromatic heterocycles. The lowest BCUT2D eigenvalue weighted by atomic mass is 10.1. The second-order valence-electron chi connectivity index (χ2n) is 5.74. The maximum atomic E-state index is 13.9. The van der Waals surface area contributed by atoms with E-state index in [0.29, 0.717) is 17.8 Å². The molecule has 0 saturated carbocycles. The molecule has 0 spiro atoms. The summed E-state index contributed by atoms with van der Waals surface area (Å²) in [6.45, 7) is 8.08. The molecule has 1 aromatic carbocycles. The minimum Gasteiger partial charge on any atom is -0.358 e. The lowest BCUT2D eigenvalue weighted by molar-refractivity contribution is 0.423. The fourth-order valence-electron chi connectivity index (χ4n) is 2.03. The minimum absolute atomic E-state index is 0.119. The van der Waals surface area contributed by atoms with Gasteiger partial charge >= 0.3 is 0 Å². The van der Waals surface area contributed by atoms with E-state index in [-0.39, 0.29) is 16.4 Å². The zero-order valence-electron chi connectivity index (χ0n) is 11.4. The Morgan fingerprint density at radius 2 is 1.79 bits per heavy atom. The number of hydrogen-bond acceptors (Lipinski definition) is 1. The number of rotatable bonds is 2. The SMILES string of the molecule is Cc1[nH]c2cc(F)c(F)c(F)c2c1CNC(C)(C)C. The normalized spacial score (nSPS) is 12.4. The summed E-state index contributed by atoms with van der Waals surface area (Å²) in [6, 6.07) is 0.987. The van der Waals surface area contributed by atoms with Gasteiger partial charge in [-0.25, -0.2) is 13.2 Å². The number of aromatic amines is 1. The van der Waals surface area contributed by atoms with E-state index in [1.165, 1.54) is 0 Å². The molecule has 2 rings (SSSR count). The van der Waals surface area contributed by atoms with Crippen LogP contribution < -0.4 is 5.32 Å². The highest BCUT2D eigenvalue weighted by molar-refractivity contribution is 5.85. The summed E-state index contributed by atoms with van der Waals surface area (Å²) in [4.78, 5) is 2.89. The van der Waals surface area contributed by atoms with Gasteiger partial charge in [0.2, 0.25) is 0 Å². The molecule has 2 aromatic rings. The zero-order chi connectivity index (χ0) is 14.4. The van der Waals surface area contributed by atoms with Crippen LogP contribution in [-0.4, -0.2) is 10.5 Å². The zero-order valence-corrected chi connectivity index (χ0v) is 11.4. The number of aryl methyl sites for hydroxylation is 1. The first-order valence-corrected chi connectivity index (χ1v) is 6.10. The van der Waals surface area contributed by atoms with Gasteiger partial charge in [0.1, 0.15) is 0 Å². The van der Waals surface area contributed by atoms with Crippen molar-refractivity contribution in [1.29, 1.82) is 0 Å². The molecule has 0 atom stereocenters. The molecule has 0 unspecified atom stereocenters. The van der Waals surface area contributed by atoms with E-state index < -0.39 is 17.5 Å². The van der Waals surface area contributed by atoms with Gasteiger partial charge in [-0.05, 0) is 33.3 Å². The highest BCUT2D eigenvalue weighted by atomic mass is 19.2. The van der Waals surface area contributed by atoms with E-state index in [2.05, 4.69) is 10.3 Å². The summed E-state index contributed by atoms with van der Waals surface area (Å²) in [7, 11) is 0. The second kappa shape index (κ2) is 4.56. The maximum Gasteiger partial charge on any atom is 0.195 e. The Kier molecular flexibility index (Phi) is 3.34. The fraction of sp³-hybridized carbons (Fsp3) is 0.429. The molecule has 0 bridgehead atoms. The van der Waals surface area contributed by atoms with E-state index in [0.717, 1.165) is 6.07 Å². The average Bonchev–Trinajstić information content (AvgIpc) is 2.58. The molecule has 1 heterocycles. The molecule has 0 saturated heterocycles. The predicted octanol–water partition coefficient (Wildman–Crippen LogP) is 3.78. The first-order valence-electron chi connectivity index (χ1n) is 6.10. The predicted molar refractivity (Wildman–Crippen MR) is 69.5 cm³/mol. The van der Waals surface area contributed by atoms with Crippen LogP contribution in [0.3, 0.4) is 0 Å². The standard InChI is InChI=1S/C14H17F3N2/c1-7-8(6-18-14(2,3)4)11-10(19-7)5-9(15)12(16)13(11)17/h5,18-19H,6H2,1-4H3. The van der Waals surface area contributed by atoms with E-state index in [1.807, 2.05) is 20.8 Å². The summed E-state index contributed by atoms with van der Waals surface area (Å²) in [6.07, 6.45) is 0. The molecule has 19 heavy (non-hydrogen) atoms. The Balaban J connectivity index is 2.55. The Bertz CT molecular complexity index is 624. The number of fused-ring (bicyclic) bond motifs is 1. The second-order valence-corrected chi connectivity index (χ2v) is 5.74. The van der Waals surface area contributed by atoms with Gasteiger partial charge < -0.3 is 10.3 Å². The molecule has 0 aliphatic heterocycles. The van der Waals surface area contributed by atoms with E-state index >= 15 is 0 Å². The molecule has 104 valence electrons. The lowest BCUT2D eigenvalue weighted by Crippen LogP contribution is -2.35. The summed E-state index contributed by atoms with van der Waals surface area (Å²) >= 11 is 0. The lowest BCUT2D eigenvalue weighted by Gasteiger charge is -2.20. The average molecular weight is 270 g/mol. The number of aromatic nitrogens is 1. The van der Waals surface area contributed by atoms with Crippen LogP contribution in [0.2, 0.25) is 0 Å². The molecule has 5 heteroatoms. The molecule has 2 N–H and O–H groups in total. The third kappa shape index (κ3) is 2.61. The van der Waals surface area contributed by atoms with Gasteiger partial charge in [0.25, 0.3) is 0 Å². The van der Waals surface area contributed by atoms with Gasteiger partial charge in [0.05, 0.1) is 5.52 Å². The third-order valence-corrected chi connectivity index (χ3v) is 3.03. The maximum absolute atomic E-state index is 13.9. The number of nitrogens with one attached hydrogen (secondary N) is 2. The van der Waals surface area contributed by atoms with E-state index in [9.17, 15) is 13.2 Å². The highest BCUT2D eigenvalue weighted by Gasteiger charge is 2.20. The first kappa shape index (κ1) is 13.9. The molecule has 0 aliphatic rings. The first-order chi connectivity index (χ1) is 8.70. The number of benzene rings is 1. The molecular weight excluding hydrogens is 253 g/mol. The summed E-state index contributed by atoms with van der Waals surface area (Å²) in [5.74, 6) is -3.74. The van der Waals surface area contributed by atoms with Crippen LogP contribution in [0.5, 0.6) is 0 Å². The molecule has 2 nitrogen and oxygen atoms in total. The van der Waals surface area contributed by atoms with Crippen molar-refractivity contribution >= 4 is 10.9 Å². The van der Waals surface area contributed by atoms with Crippen LogP contribution in [0.15, 0.2) is 6.07 Å². The molecule has 0 radical (unpaired) electrons.